The van der Waals surface area contributed by atoms with Gasteiger partial charge in [-0.2, -0.15) is 0 Å². The van der Waals surface area contributed by atoms with Crippen molar-refractivity contribution >= 4 is 5.91 Å². The lowest BCUT2D eigenvalue weighted by Crippen LogP contribution is -2.39. The molecule has 1 fully saturated rings. The highest BCUT2D eigenvalue weighted by Crippen LogP contribution is 2.21. The third kappa shape index (κ3) is 3.37. The summed E-state index contributed by atoms with van der Waals surface area (Å²) in [6, 6.07) is 4.50. The van der Waals surface area contributed by atoms with E-state index >= 15 is 0 Å². The SMILES string of the molecule is CC1CCCN(Cc2ccc(F)cc2C#CCN)C1=O. The van der Waals surface area contributed by atoms with Gasteiger partial charge in [0.05, 0.1) is 6.54 Å². The second kappa shape index (κ2) is 6.53. The van der Waals surface area contributed by atoms with Crippen molar-refractivity contribution in [2.45, 2.75) is 26.3 Å². The topological polar surface area (TPSA) is 46.3 Å². The van der Waals surface area contributed by atoms with Crippen LogP contribution in [0.15, 0.2) is 18.2 Å². The molecule has 106 valence electrons. The molecule has 1 aliphatic rings. The predicted molar refractivity (Wildman–Crippen MR) is 76.1 cm³/mol. The third-order valence-corrected chi connectivity index (χ3v) is 3.56. The molecule has 0 spiro atoms. The van der Waals surface area contributed by atoms with Crippen LogP contribution < -0.4 is 5.73 Å². The number of carbonyl (C=O) groups excluding carboxylic acids is 1. The monoisotopic (exact) mass is 274 g/mol. The summed E-state index contributed by atoms with van der Waals surface area (Å²) in [6.45, 7) is 3.42. The van der Waals surface area contributed by atoms with Gasteiger partial charge in [0.2, 0.25) is 5.91 Å². The molecule has 20 heavy (non-hydrogen) atoms. The van der Waals surface area contributed by atoms with Gasteiger partial charge in [-0.1, -0.05) is 24.8 Å². The van der Waals surface area contributed by atoms with Crippen molar-refractivity contribution in [1.82, 2.24) is 4.90 Å². The van der Waals surface area contributed by atoms with Crippen LogP contribution in [0.5, 0.6) is 0 Å². The largest absolute Gasteiger partial charge is 0.338 e. The zero-order valence-corrected chi connectivity index (χ0v) is 11.7. The predicted octanol–water partition coefficient (Wildman–Crippen LogP) is 1.89. The Morgan fingerprint density at radius 2 is 2.30 bits per heavy atom. The molecule has 1 unspecified atom stereocenters. The number of hydrogen-bond donors (Lipinski definition) is 1. The fourth-order valence-electron chi connectivity index (χ4n) is 2.45. The standard InChI is InChI=1S/C16H19FN2O/c1-12-4-3-9-19(16(12)20)11-14-6-7-15(17)10-13(14)5-2-8-18/h6-7,10,12H,3-4,8-9,11,18H2,1H3. The summed E-state index contributed by atoms with van der Waals surface area (Å²) in [7, 11) is 0. The van der Waals surface area contributed by atoms with Gasteiger partial charge in [-0.3, -0.25) is 4.79 Å². The Hall–Kier alpha value is -1.86. The van der Waals surface area contributed by atoms with Gasteiger partial charge in [0.1, 0.15) is 5.82 Å². The first-order valence-electron chi connectivity index (χ1n) is 6.88. The zero-order valence-electron chi connectivity index (χ0n) is 11.7. The van der Waals surface area contributed by atoms with E-state index < -0.39 is 0 Å². The molecule has 1 aliphatic heterocycles. The van der Waals surface area contributed by atoms with Crippen LogP contribution in [0.4, 0.5) is 4.39 Å². The summed E-state index contributed by atoms with van der Waals surface area (Å²) in [5.74, 6) is 5.53. The second-order valence-electron chi connectivity index (χ2n) is 5.11. The summed E-state index contributed by atoms with van der Waals surface area (Å²) < 4.78 is 13.3. The van der Waals surface area contributed by atoms with E-state index in [9.17, 15) is 9.18 Å². The van der Waals surface area contributed by atoms with E-state index in [0.29, 0.717) is 12.1 Å². The Balaban J connectivity index is 2.22. The van der Waals surface area contributed by atoms with Crippen LogP contribution in [0, 0.1) is 23.6 Å². The van der Waals surface area contributed by atoms with Crippen molar-refractivity contribution in [2.24, 2.45) is 11.7 Å². The van der Waals surface area contributed by atoms with Crippen LogP contribution in [0.3, 0.4) is 0 Å². The molecule has 4 heteroatoms. The highest BCUT2D eigenvalue weighted by atomic mass is 19.1. The summed E-state index contributed by atoms with van der Waals surface area (Å²) in [6.07, 6.45) is 1.95. The number of piperidine rings is 1. The number of carbonyl (C=O) groups is 1. The minimum atomic E-state index is -0.326. The van der Waals surface area contributed by atoms with Crippen molar-refractivity contribution in [3.63, 3.8) is 0 Å². The first-order valence-corrected chi connectivity index (χ1v) is 6.88. The van der Waals surface area contributed by atoms with E-state index in [0.717, 1.165) is 24.9 Å². The molecule has 1 aromatic rings. The Labute approximate surface area is 119 Å². The fraction of sp³-hybridized carbons (Fsp3) is 0.438. The third-order valence-electron chi connectivity index (χ3n) is 3.56. The van der Waals surface area contributed by atoms with Gasteiger partial charge in [0.15, 0.2) is 0 Å². The lowest BCUT2D eigenvalue weighted by atomic mass is 9.98. The highest BCUT2D eigenvalue weighted by molar-refractivity contribution is 5.79. The van der Waals surface area contributed by atoms with Gasteiger partial charge in [-0.15, -0.1) is 0 Å². The summed E-state index contributed by atoms with van der Waals surface area (Å²) in [5, 5.41) is 0. The maximum Gasteiger partial charge on any atom is 0.225 e. The number of nitrogens with two attached hydrogens (primary N) is 1. The first-order chi connectivity index (χ1) is 9.61. The molecule has 0 bridgehead atoms. The zero-order chi connectivity index (χ0) is 14.5. The van der Waals surface area contributed by atoms with Crippen molar-refractivity contribution in [2.75, 3.05) is 13.1 Å². The Morgan fingerprint density at radius 3 is 3.05 bits per heavy atom. The molecule has 1 heterocycles. The molecule has 0 aliphatic carbocycles. The van der Waals surface area contributed by atoms with Crippen molar-refractivity contribution < 1.29 is 9.18 Å². The second-order valence-corrected chi connectivity index (χ2v) is 5.11. The number of rotatable bonds is 2. The molecule has 1 aromatic carbocycles. The van der Waals surface area contributed by atoms with Crippen molar-refractivity contribution in [1.29, 1.82) is 0 Å². The number of amides is 1. The van der Waals surface area contributed by atoms with E-state index in [1.165, 1.54) is 12.1 Å². The smallest absolute Gasteiger partial charge is 0.225 e. The summed E-state index contributed by atoms with van der Waals surface area (Å²) >= 11 is 0. The molecule has 2 N–H and O–H groups in total. The van der Waals surface area contributed by atoms with Crippen LogP contribution in [-0.4, -0.2) is 23.9 Å². The van der Waals surface area contributed by atoms with Gasteiger partial charge in [-0.05, 0) is 30.5 Å². The number of benzene rings is 1. The van der Waals surface area contributed by atoms with E-state index in [1.54, 1.807) is 6.07 Å². The van der Waals surface area contributed by atoms with Gasteiger partial charge in [-0.25, -0.2) is 4.39 Å². The number of hydrogen-bond acceptors (Lipinski definition) is 2. The van der Waals surface area contributed by atoms with Gasteiger partial charge in [0.25, 0.3) is 0 Å². The van der Waals surface area contributed by atoms with Crippen LogP contribution in [0.25, 0.3) is 0 Å². The molecular formula is C16H19FN2O. The van der Waals surface area contributed by atoms with Gasteiger partial charge < -0.3 is 10.6 Å². The lowest BCUT2D eigenvalue weighted by Gasteiger charge is -2.31. The van der Waals surface area contributed by atoms with Crippen molar-refractivity contribution in [3.05, 3.63) is 35.1 Å². The van der Waals surface area contributed by atoms with Crippen LogP contribution in [0.2, 0.25) is 0 Å². The van der Waals surface area contributed by atoms with E-state index in [4.69, 9.17) is 5.73 Å². The minimum absolute atomic E-state index is 0.0720. The van der Waals surface area contributed by atoms with Crippen LogP contribution in [0.1, 0.15) is 30.9 Å². The van der Waals surface area contributed by atoms with E-state index in [1.807, 2.05) is 11.8 Å². The molecule has 0 aromatic heterocycles. The van der Waals surface area contributed by atoms with Gasteiger partial charge in [0, 0.05) is 24.6 Å². The quantitative estimate of drug-likeness (QED) is 0.837. The molecule has 3 nitrogen and oxygen atoms in total. The van der Waals surface area contributed by atoms with Crippen LogP contribution >= 0.6 is 0 Å². The normalized spacial score (nSPS) is 18.6. The average Bonchev–Trinajstić information content (AvgIpc) is 2.44. The summed E-state index contributed by atoms with van der Waals surface area (Å²) in [5.41, 5.74) is 6.84. The number of nitrogens with zero attached hydrogens (tertiary/aromatic N) is 1. The molecule has 0 radical (unpaired) electrons. The van der Waals surface area contributed by atoms with Crippen LogP contribution in [-0.2, 0) is 11.3 Å². The van der Waals surface area contributed by atoms with E-state index in [-0.39, 0.29) is 24.2 Å². The Morgan fingerprint density at radius 1 is 1.50 bits per heavy atom. The van der Waals surface area contributed by atoms with Gasteiger partial charge >= 0.3 is 0 Å². The molecule has 1 amide bonds. The first kappa shape index (κ1) is 14.5. The maximum atomic E-state index is 13.3. The molecular weight excluding hydrogens is 255 g/mol. The molecule has 2 rings (SSSR count). The van der Waals surface area contributed by atoms with Crippen molar-refractivity contribution in [3.8, 4) is 11.8 Å². The maximum absolute atomic E-state index is 13.3. The lowest BCUT2D eigenvalue weighted by molar-refractivity contribution is -0.138. The molecule has 1 atom stereocenters. The molecule has 0 saturated carbocycles. The number of halogens is 1. The Bertz CT molecular complexity index is 559. The Kier molecular flexibility index (Phi) is 4.75. The average molecular weight is 274 g/mol. The highest BCUT2D eigenvalue weighted by Gasteiger charge is 2.25. The fourth-order valence-corrected chi connectivity index (χ4v) is 2.45. The van der Waals surface area contributed by atoms with E-state index in [2.05, 4.69) is 11.8 Å². The summed E-state index contributed by atoms with van der Waals surface area (Å²) in [4.78, 5) is 13.9. The molecule has 1 saturated heterocycles. The number of likely N-dealkylation sites (tertiary alicyclic amines) is 1. The minimum Gasteiger partial charge on any atom is -0.338 e.